The van der Waals surface area contributed by atoms with E-state index < -0.39 is 0 Å². The number of rotatable bonds is 1. The van der Waals surface area contributed by atoms with E-state index in [-0.39, 0.29) is 0 Å². The minimum atomic E-state index is 1.02. The molecule has 0 aliphatic carbocycles. The molecule has 1 aliphatic rings. The van der Waals surface area contributed by atoms with Gasteiger partial charge in [-0.15, -0.1) is 0 Å². The zero-order valence-electron chi connectivity index (χ0n) is 6.63. The molecule has 0 aromatic heterocycles. The molecular weight excluding hydrogens is 144 g/mol. The summed E-state index contributed by atoms with van der Waals surface area (Å²) in [5.41, 5.74) is 0. The second-order valence-corrected chi connectivity index (χ2v) is 3.08. The van der Waals surface area contributed by atoms with E-state index in [1.165, 1.54) is 18.1 Å². The van der Waals surface area contributed by atoms with E-state index in [0.29, 0.717) is 0 Å². The summed E-state index contributed by atoms with van der Waals surface area (Å²) < 4.78 is 0. The molecule has 1 aliphatic heterocycles. The van der Waals surface area contributed by atoms with Crippen molar-refractivity contribution in [1.82, 2.24) is 4.90 Å². The summed E-state index contributed by atoms with van der Waals surface area (Å²) in [5.74, 6) is 0. The van der Waals surface area contributed by atoms with E-state index in [0.717, 1.165) is 13.1 Å². The van der Waals surface area contributed by atoms with E-state index >= 15 is 0 Å². The van der Waals surface area contributed by atoms with Crippen molar-refractivity contribution < 1.29 is 0 Å². The molecule has 0 spiro atoms. The summed E-state index contributed by atoms with van der Waals surface area (Å²) in [6.45, 7) is 5.49. The molecule has 0 aromatic carbocycles. The van der Waals surface area contributed by atoms with Crippen LogP contribution in [0.15, 0.2) is 4.99 Å². The van der Waals surface area contributed by atoms with Gasteiger partial charge in [0.1, 0.15) is 0 Å². The van der Waals surface area contributed by atoms with E-state index in [1.54, 1.807) is 11.8 Å². The first-order chi connectivity index (χ1) is 4.88. The lowest BCUT2D eigenvalue weighted by Crippen LogP contribution is -2.33. The van der Waals surface area contributed by atoms with Gasteiger partial charge < -0.3 is 4.90 Å². The molecule has 0 bridgehead atoms. The first kappa shape index (κ1) is 7.92. The van der Waals surface area contributed by atoms with Crippen LogP contribution in [-0.4, -0.2) is 36.0 Å². The molecule has 1 rings (SSSR count). The minimum absolute atomic E-state index is 1.02. The van der Waals surface area contributed by atoms with Crippen molar-refractivity contribution in [3.05, 3.63) is 0 Å². The lowest BCUT2D eigenvalue weighted by Gasteiger charge is -2.26. The topological polar surface area (TPSA) is 15.6 Å². The number of amidine groups is 1. The van der Waals surface area contributed by atoms with Gasteiger partial charge in [0.2, 0.25) is 0 Å². The Hall–Kier alpha value is -0.180. The maximum atomic E-state index is 4.41. The summed E-state index contributed by atoms with van der Waals surface area (Å²) in [4.78, 5) is 6.73. The standard InChI is InChI=1S/C7H14N2S/c1-3-9-6-4-5-8-7(9)10-2/h3-6H2,1-2H3. The van der Waals surface area contributed by atoms with Crippen molar-refractivity contribution >= 4 is 16.9 Å². The number of hydrogen-bond acceptors (Lipinski definition) is 3. The van der Waals surface area contributed by atoms with Crippen LogP contribution in [0.25, 0.3) is 0 Å². The average Bonchev–Trinajstić information content (AvgIpc) is 2.04. The minimum Gasteiger partial charge on any atom is -0.352 e. The second kappa shape index (κ2) is 3.86. The second-order valence-electron chi connectivity index (χ2n) is 2.30. The molecule has 58 valence electrons. The van der Waals surface area contributed by atoms with E-state index in [4.69, 9.17) is 0 Å². The highest BCUT2D eigenvalue weighted by Gasteiger charge is 2.10. The number of hydrogen-bond donors (Lipinski definition) is 0. The summed E-state index contributed by atoms with van der Waals surface area (Å²) in [6, 6.07) is 0. The fraction of sp³-hybridized carbons (Fsp3) is 0.857. The fourth-order valence-corrected chi connectivity index (χ4v) is 1.82. The largest absolute Gasteiger partial charge is 0.352 e. The van der Waals surface area contributed by atoms with Crippen molar-refractivity contribution in [2.24, 2.45) is 4.99 Å². The van der Waals surface area contributed by atoms with Gasteiger partial charge in [0, 0.05) is 19.6 Å². The molecule has 0 fully saturated rings. The normalized spacial score (nSPS) is 19.0. The Labute approximate surface area is 66.7 Å². The van der Waals surface area contributed by atoms with E-state index in [1.807, 2.05) is 0 Å². The number of nitrogens with zero attached hydrogens (tertiary/aromatic N) is 2. The van der Waals surface area contributed by atoms with Gasteiger partial charge in [-0.25, -0.2) is 0 Å². The first-order valence-corrected chi connectivity index (χ1v) is 4.94. The molecule has 0 atom stereocenters. The van der Waals surface area contributed by atoms with Gasteiger partial charge in [-0.2, -0.15) is 0 Å². The third kappa shape index (κ3) is 1.66. The molecule has 2 nitrogen and oxygen atoms in total. The highest BCUT2D eigenvalue weighted by atomic mass is 32.2. The molecule has 0 amide bonds. The molecule has 0 saturated heterocycles. The van der Waals surface area contributed by atoms with Crippen LogP contribution in [0.2, 0.25) is 0 Å². The average molecular weight is 158 g/mol. The molecule has 0 radical (unpaired) electrons. The zero-order valence-corrected chi connectivity index (χ0v) is 7.45. The Kier molecular flexibility index (Phi) is 3.06. The van der Waals surface area contributed by atoms with Gasteiger partial charge in [0.15, 0.2) is 5.17 Å². The van der Waals surface area contributed by atoms with Gasteiger partial charge in [-0.05, 0) is 19.6 Å². The third-order valence-corrected chi connectivity index (χ3v) is 2.42. The molecule has 0 unspecified atom stereocenters. The molecule has 0 N–H and O–H groups in total. The van der Waals surface area contributed by atoms with E-state index in [9.17, 15) is 0 Å². The van der Waals surface area contributed by atoms with Crippen LogP contribution in [0.1, 0.15) is 13.3 Å². The van der Waals surface area contributed by atoms with Crippen molar-refractivity contribution in [2.75, 3.05) is 25.9 Å². The van der Waals surface area contributed by atoms with Gasteiger partial charge in [-0.1, -0.05) is 11.8 Å². The van der Waals surface area contributed by atoms with Gasteiger partial charge in [0.25, 0.3) is 0 Å². The van der Waals surface area contributed by atoms with Crippen molar-refractivity contribution in [1.29, 1.82) is 0 Å². The predicted molar refractivity (Wildman–Crippen MR) is 47.7 cm³/mol. The highest BCUT2D eigenvalue weighted by Crippen LogP contribution is 2.10. The molecule has 0 aromatic rings. The van der Waals surface area contributed by atoms with Crippen molar-refractivity contribution in [3.63, 3.8) is 0 Å². The Morgan fingerprint density at radius 2 is 2.50 bits per heavy atom. The summed E-state index contributed by atoms with van der Waals surface area (Å²) in [5, 5.41) is 1.22. The maximum absolute atomic E-state index is 4.41. The quantitative estimate of drug-likeness (QED) is 0.573. The van der Waals surface area contributed by atoms with Crippen LogP contribution in [0.5, 0.6) is 0 Å². The van der Waals surface area contributed by atoms with Crippen LogP contribution in [0.3, 0.4) is 0 Å². The van der Waals surface area contributed by atoms with Crippen LogP contribution >= 0.6 is 11.8 Å². The Morgan fingerprint density at radius 1 is 1.70 bits per heavy atom. The zero-order chi connectivity index (χ0) is 7.40. The molecule has 1 heterocycles. The number of aliphatic imine (C=N–C) groups is 1. The van der Waals surface area contributed by atoms with Crippen LogP contribution in [0, 0.1) is 0 Å². The Balaban J connectivity index is 2.53. The van der Waals surface area contributed by atoms with Crippen LogP contribution in [-0.2, 0) is 0 Å². The van der Waals surface area contributed by atoms with Gasteiger partial charge in [0.05, 0.1) is 0 Å². The Bertz CT molecular complexity index is 134. The predicted octanol–water partition coefficient (Wildman–Crippen LogP) is 1.43. The molecular formula is C7H14N2S. The molecule has 0 saturated carbocycles. The smallest absolute Gasteiger partial charge is 0.158 e. The van der Waals surface area contributed by atoms with Crippen molar-refractivity contribution in [2.45, 2.75) is 13.3 Å². The van der Waals surface area contributed by atoms with E-state index in [2.05, 4.69) is 23.1 Å². The molecule has 10 heavy (non-hydrogen) atoms. The first-order valence-electron chi connectivity index (χ1n) is 3.72. The molecule has 3 heteroatoms. The Morgan fingerprint density at radius 3 is 3.00 bits per heavy atom. The SMILES string of the molecule is CCN1CCCN=C1SC. The monoisotopic (exact) mass is 158 g/mol. The summed E-state index contributed by atoms with van der Waals surface area (Å²) in [7, 11) is 0. The fourth-order valence-electron chi connectivity index (χ4n) is 1.12. The van der Waals surface area contributed by atoms with Gasteiger partial charge >= 0.3 is 0 Å². The summed E-state index contributed by atoms with van der Waals surface area (Å²) in [6.07, 6.45) is 3.31. The lowest BCUT2D eigenvalue weighted by molar-refractivity contribution is 0.422. The lowest BCUT2D eigenvalue weighted by atomic mass is 10.3. The third-order valence-electron chi connectivity index (χ3n) is 1.67. The van der Waals surface area contributed by atoms with Gasteiger partial charge in [-0.3, -0.25) is 4.99 Å². The van der Waals surface area contributed by atoms with Crippen molar-refractivity contribution in [3.8, 4) is 0 Å². The van der Waals surface area contributed by atoms with Crippen LogP contribution in [0.4, 0.5) is 0 Å². The highest BCUT2D eigenvalue weighted by molar-refractivity contribution is 8.13. The number of thioether (sulfide) groups is 1. The summed E-state index contributed by atoms with van der Waals surface area (Å²) >= 11 is 1.75. The maximum Gasteiger partial charge on any atom is 0.158 e. The van der Waals surface area contributed by atoms with Crippen LogP contribution < -0.4 is 0 Å².